The number of carbonyl (C=O) groups excluding carboxylic acids is 2. The van der Waals surface area contributed by atoms with Gasteiger partial charge in [0.1, 0.15) is 17.2 Å². The highest BCUT2D eigenvalue weighted by molar-refractivity contribution is 6.31. The normalized spacial score (nSPS) is 17.5. The Hall–Kier alpha value is -3.19. The van der Waals surface area contributed by atoms with Gasteiger partial charge >= 0.3 is 6.03 Å². The molecule has 2 saturated heterocycles. The summed E-state index contributed by atoms with van der Waals surface area (Å²) in [5.74, 6) is 0.871. The minimum absolute atomic E-state index is 0.0933. The molecule has 2 heterocycles. The molecule has 8 heteroatoms. The molecular formula is C23H24ClN3O4. The summed E-state index contributed by atoms with van der Waals surface area (Å²) >= 11 is 6.19. The second-order valence-electron chi connectivity index (χ2n) is 7.43. The predicted molar refractivity (Wildman–Crippen MR) is 120 cm³/mol. The third-order valence-corrected chi connectivity index (χ3v) is 5.90. The number of nitrogens with one attached hydrogen (secondary N) is 1. The first kappa shape index (κ1) is 21.1. The molecular weight excluding hydrogens is 418 g/mol. The van der Waals surface area contributed by atoms with Crippen molar-refractivity contribution in [3.05, 3.63) is 58.2 Å². The Bertz CT molecular complexity index is 1050. The van der Waals surface area contributed by atoms with Gasteiger partial charge in [-0.05, 0) is 36.6 Å². The number of hydrogen-bond donors (Lipinski definition) is 1. The van der Waals surface area contributed by atoms with E-state index in [0.717, 1.165) is 36.5 Å². The number of hydrogen-bond acceptors (Lipinski definition) is 5. The minimum atomic E-state index is -0.490. The smallest absolute Gasteiger partial charge is 0.329 e. The van der Waals surface area contributed by atoms with Gasteiger partial charge in [-0.3, -0.25) is 9.69 Å². The van der Waals surface area contributed by atoms with Gasteiger partial charge in [-0.25, -0.2) is 4.79 Å². The van der Waals surface area contributed by atoms with Crippen molar-refractivity contribution in [2.45, 2.75) is 19.4 Å². The summed E-state index contributed by atoms with van der Waals surface area (Å²) in [6.45, 7) is 2.02. The molecule has 3 amide bonds. The average molecular weight is 442 g/mol. The third kappa shape index (κ3) is 4.18. The average Bonchev–Trinajstić information content (AvgIpc) is 3.39. The van der Waals surface area contributed by atoms with E-state index in [1.807, 2.05) is 18.2 Å². The van der Waals surface area contributed by atoms with Crippen LogP contribution in [-0.2, 0) is 11.3 Å². The lowest BCUT2D eigenvalue weighted by atomic mass is 10.1. The molecule has 0 aromatic heterocycles. The summed E-state index contributed by atoms with van der Waals surface area (Å²) in [6, 6.07) is 10.4. The lowest BCUT2D eigenvalue weighted by molar-refractivity contribution is -0.123. The molecule has 2 aromatic rings. The predicted octanol–water partition coefficient (Wildman–Crippen LogP) is 4.05. The van der Waals surface area contributed by atoms with Crippen LogP contribution >= 0.6 is 11.6 Å². The Balaban J connectivity index is 1.64. The van der Waals surface area contributed by atoms with E-state index in [0.29, 0.717) is 27.6 Å². The molecule has 0 aliphatic carbocycles. The maximum Gasteiger partial charge on any atom is 0.329 e. The topological polar surface area (TPSA) is 71.1 Å². The van der Waals surface area contributed by atoms with Crippen molar-refractivity contribution < 1.29 is 19.1 Å². The van der Waals surface area contributed by atoms with E-state index in [2.05, 4.69) is 10.2 Å². The molecule has 162 valence electrons. The third-order valence-electron chi connectivity index (χ3n) is 5.53. The monoisotopic (exact) mass is 441 g/mol. The molecule has 0 saturated carbocycles. The molecule has 0 spiro atoms. The first-order valence-corrected chi connectivity index (χ1v) is 10.5. The van der Waals surface area contributed by atoms with Gasteiger partial charge in [0.2, 0.25) is 0 Å². The molecule has 31 heavy (non-hydrogen) atoms. The molecule has 2 aliphatic heterocycles. The molecule has 1 N–H and O–H groups in total. The van der Waals surface area contributed by atoms with Crippen molar-refractivity contribution in [3.8, 4) is 11.5 Å². The molecule has 0 bridgehead atoms. The molecule has 0 atom stereocenters. The maximum absolute atomic E-state index is 12.9. The summed E-state index contributed by atoms with van der Waals surface area (Å²) in [5, 5.41) is 3.15. The lowest BCUT2D eigenvalue weighted by Gasteiger charge is -2.22. The Labute approximate surface area is 186 Å². The van der Waals surface area contributed by atoms with Crippen LogP contribution in [0.15, 0.2) is 42.1 Å². The molecule has 7 nitrogen and oxygen atoms in total. The van der Waals surface area contributed by atoms with Crippen molar-refractivity contribution in [2.75, 3.05) is 32.2 Å². The highest BCUT2D eigenvalue weighted by atomic mass is 35.5. The van der Waals surface area contributed by atoms with E-state index in [4.69, 9.17) is 21.1 Å². The summed E-state index contributed by atoms with van der Waals surface area (Å²) in [7, 11) is 3.20. The Morgan fingerprint density at radius 3 is 2.45 bits per heavy atom. The summed E-state index contributed by atoms with van der Waals surface area (Å²) < 4.78 is 11.2. The quantitative estimate of drug-likeness (QED) is 0.541. The molecule has 2 aliphatic rings. The van der Waals surface area contributed by atoms with Gasteiger partial charge in [-0.15, -0.1) is 0 Å². The molecule has 2 fully saturated rings. The highest BCUT2D eigenvalue weighted by Gasteiger charge is 2.34. The van der Waals surface area contributed by atoms with E-state index in [1.54, 1.807) is 38.5 Å². The summed E-state index contributed by atoms with van der Waals surface area (Å²) in [4.78, 5) is 28.8. The van der Waals surface area contributed by atoms with Crippen molar-refractivity contribution in [1.82, 2.24) is 10.2 Å². The Morgan fingerprint density at radius 1 is 1.06 bits per heavy atom. The fourth-order valence-corrected chi connectivity index (χ4v) is 4.09. The van der Waals surface area contributed by atoms with Crippen LogP contribution in [0.25, 0.3) is 6.08 Å². The molecule has 2 aromatic carbocycles. The van der Waals surface area contributed by atoms with E-state index < -0.39 is 11.9 Å². The van der Waals surface area contributed by atoms with Crippen LogP contribution in [0.2, 0.25) is 5.02 Å². The number of anilines is 1. The fraction of sp³-hybridized carbons (Fsp3) is 0.304. The van der Waals surface area contributed by atoms with Crippen molar-refractivity contribution in [2.24, 2.45) is 0 Å². The highest BCUT2D eigenvalue weighted by Crippen LogP contribution is 2.38. The zero-order chi connectivity index (χ0) is 22.0. The zero-order valence-electron chi connectivity index (χ0n) is 17.5. The second kappa shape index (κ2) is 8.89. The van der Waals surface area contributed by atoms with Crippen LogP contribution in [0.4, 0.5) is 10.5 Å². The minimum Gasteiger partial charge on any atom is -0.496 e. The van der Waals surface area contributed by atoms with Crippen LogP contribution in [0.3, 0.4) is 0 Å². The van der Waals surface area contributed by atoms with Gasteiger partial charge in [-0.1, -0.05) is 29.8 Å². The number of benzene rings is 2. The van der Waals surface area contributed by atoms with Gasteiger partial charge in [-0.2, -0.15) is 0 Å². The van der Waals surface area contributed by atoms with Gasteiger partial charge in [0, 0.05) is 29.7 Å². The molecule has 4 rings (SSSR count). The SMILES string of the molecule is COc1cc(N2CCCC2)c(OC)cc1/C=C1\NC(=O)N(Cc2ccccc2Cl)C1=O. The van der Waals surface area contributed by atoms with Gasteiger partial charge < -0.3 is 19.7 Å². The first-order valence-electron chi connectivity index (χ1n) is 10.1. The Morgan fingerprint density at radius 2 is 1.77 bits per heavy atom. The standard InChI is InChI=1S/C23H24ClN3O4/c1-30-20-13-19(26-9-5-6-10-26)21(31-2)12-16(20)11-18-22(28)27(23(29)25-18)14-15-7-3-4-8-17(15)24/h3-4,7-8,11-13H,5-6,9-10,14H2,1-2H3,(H,25,29)/b18-11-. The van der Waals surface area contributed by atoms with Gasteiger partial charge in [0.05, 0.1) is 26.5 Å². The summed E-state index contributed by atoms with van der Waals surface area (Å²) in [6.07, 6.45) is 3.89. The van der Waals surface area contributed by atoms with Crippen molar-refractivity contribution >= 4 is 35.3 Å². The number of methoxy groups -OCH3 is 2. The van der Waals surface area contributed by atoms with Crippen molar-refractivity contribution in [3.63, 3.8) is 0 Å². The fourth-order valence-electron chi connectivity index (χ4n) is 3.89. The van der Waals surface area contributed by atoms with Crippen molar-refractivity contribution in [1.29, 1.82) is 0 Å². The number of urea groups is 1. The number of rotatable bonds is 6. The Kier molecular flexibility index (Phi) is 6.04. The van der Waals surface area contributed by atoms with Crippen LogP contribution < -0.4 is 19.7 Å². The van der Waals surface area contributed by atoms with E-state index in [1.165, 1.54) is 0 Å². The van der Waals surface area contributed by atoms with Crippen LogP contribution in [0.5, 0.6) is 11.5 Å². The first-order chi connectivity index (χ1) is 15.0. The second-order valence-corrected chi connectivity index (χ2v) is 7.84. The summed E-state index contributed by atoms with van der Waals surface area (Å²) in [5.41, 5.74) is 2.47. The molecule has 0 unspecified atom stereocenters. The van der Waals surface area contributed by atoms with E-state index >= 15 is 0 Å². The number of ether oxygens (including phenoxy) is 2. The number of halogens is 1. The van der Waals surface area contributed by atoms with Gasteiger partial charge in [0.15, 0.2) is 0 Å². The number of amides is 3. The lowest BCUT2D eigenvalue weighted by Crippen LogP contribution is -2.30. The largest absolute Gasteiger partial charge is 0.496 e. The maximum atomic E-state index is 12.9. The van der Waals surface area contributed by atoms with E-state index in [9.17, 15) is 9.59 Å². The van der Waals surface area contributed by atoms with E-state index in [-0.39, 0.29) is 12.2 Å². The van der Waals surface area contributed by atoms with Crippen LogP contribution in [-0.4, -0.2) is 44.1 Å². The van der Waals surface area contributed by atoms with Crippen LogP contribution in [0, 0.1) is 0 Å². The zero-order valence-corrected chi connectivity index (χ0v) is 18.2. The van der Waals surface area contributed by atoms with Crippen LogP contribution in [0.1, 0.15) is 24.0 Å². The number of nitrogens with zero attached hydrogens (tertiary/aromatic N) is 2. The molecule has 0 radical (unpaired) electrons. The number of imide groups is 1. The number of carbonyl (C=O) groups is 2. The van der Waals surface area contributed by atoms with Gasteiger partial charge in [0.25, 0.3) is 5.91 Å².